The van der Waals surface area contributed by atoms with Crippen LogP contribution < -0.4 is 10.6 Å². The summed E-state index contributed by atoms with van der Waals surface area (Å²) in [7, 11) is 0. The second-order valence-electron chi connectivity index (χ2n) is 7.68. The fourth-order valence-corrected chi connectivity index (χ4v) is 6.84. The van der Waals surface area contributed by atoms with Gasteiger partial charge in [-0.05, 0) is 65.9 Å². The molecule has 0 aromatic carbocycles. The standard InChI is InChI=1S/C20H24BrN3O2S2/c1-11-5-4-7-13(11)17(25)24-19-16(14-6-2-3-8-15(14)28-19)18(26)22-9-12-10-23-20(21)27-12/h10-11,13H,2-9H2,1H3,(H,22,26)(H,24,25). The molecule has 2 unspecified atom stereocenters. The molecule has 2 aromatic heterocycles. The Kier molecular flexibility index (Phi) is 6.18. The molecule has 1 saturated carbocycles. The molecule has 2 aliphatic rings. The maximum Gasteiger partial charge on any atom is 0.254 e. The lowest BCUT2D eigenvalue weighted by Gasteiger charge is -2.16. The minimum absolute atomic E-state index is 0.0598. The van der Waals surface area contributed by atoms with Crippen molar-refractivity contribution in [3.8, 4) is 0 Å². The lowest BCUT2D eigenvalue weighted by Crippen LogP contribution is -2.27. The number of thiophene rings is 1. The highest BCUT2D eigenvalue weighted by Crippen LogP contribution is 2.39. The Bertz CT molecular complexity index is 892. The van der Waals surface area contributed by atoms with Gasteiger partial charge in [-0.25, -0.2) is 4.98 Å². The molecule has 150 valence electrons. The smallest absolute Gasteiger partial charge is 0.254 e. The first kappa shape index (κ1) is 20.0. The Labute approximate surface area is 181 Å². The molecule has 0 saturated heterocycles. The average Bonchev–Trinajstić information content (AvgIpc) is 3.37. The molecule has 2 atom stereocenters. The zero-order valence-electron chi connectivity index (χ0n) is 15.8. The number of nitrogens with one attached hydrogen (secondary N) is 2. The van der Waals surface area contributed by atoms with E-state index >= 15 is 0 Å². The van der Waals surface area contributed by atoms with E-state index in [1.165, 1.54) is 16.2 Å². The third-order valence-corrected chi connectivity index (χ3v) is 8.47. The van der Waals surface area contributed by atoms with Crippen LogP contribution in [0.1, 0.15) is 64.7 Å². The Morgan fingerprint density at radius 1 is 1.21 bits per heavy atom. The summed E-state index contributed by atoms with van der Waals surface area (Å²) in [5.41, 5.74) is 1.82. The number of aromatic nitrogens is 1. The number of carbonyl (C=O) groups excluding carboxylic acids is 2. The van der Waals surface area contributed by atoms with E-state index in [-0.39, 0.29) is 17.7 Å². The number of fused-ring (bicyclic) bond motifs is 1. The fraction of sp³-hybridized carbons (Fsp3) is 0.550. The Hall–Kier alpha value is -1.25. The zero-order valence-corrected chi connectivity index (χ0v) is 19.1. The Morgan fingerprint density at radius 2 is 2.04 bits per heavy atom. The van der Waals surface area contributed by atoms with Gasteiger partial charge < -0.3 is 10.6 Å². The highest BCUT2D eigenvalue weighted by molar-refractivity contribution is 9.11. The number of halogens is 1. The maximum atomic E-state index is 13.1. The summed E-state index contributed by atoms with van der Waals surface area (Å²) < 4.78 is 0.809. The number of nitrogens with zero attached hydrogens (tertiary/aromatic N) is 1. The molecule has 28 heavy (non-hydrogen) atoms. The maximum absolute atomic E-state index is 13.1. The first-order chi connectivity index (χ1) is 13.5. The molecule has 0 aliphatic heterocycles. The van der Waals surface area contributed by atoms with Gasteiger partial charge in [0.1, 0.15) is 5.00 Å². The average molecular weight is 482 g/mol. The minimum atomic E-state index is -0.0984. The number of aryl methyl sites for hydroxylation is 1. The van der Waals surface area contributed by atoms with Crippen molar-refractivity contribution in [1.29, 1.82) is 0 Å². The van der Waals surface area contributed by atoms with Crippen molar-refractivity contribution in [2.24, 2.45) is 11.8 Å². The zero-order chi connectivity index (χ0) is 19.7. The molecule has 2 N–H and O–H groups in total. The Balaban J connectivity index is 1.55. The molecule has 0 radical (unpaired) electrons. The van der Waals surface area contributed by atoms with Crippen LogP contribution in [0.15, 0.2) is 10.1 Å². The van der Waals surface area contributed by atoms with Crippen LogP contribution in [0.4, 0.5) is 5.00 Å². The highest BCUT2D eigenvalue weighted by Gasteiger charge is 2.32. The van der Waals surface area contributed by atoms with Gasteiger partial charge in [-0.2, -0.15) is 0 Å². The van der Waals surface area contributed by atoms with Crippen LogP contribution in [0.2, 0.25) is 0 Å². The van der Waals surface area contributed by atoms with Crippen molar-refractivity contribution in [3.63, 3.8) is 0 Å². The first-order valence-electron chi connectivity index (χ1n) is 9.86. The van der Waals surface area contributed by atoms with Crippen LogP contribution in [0.3, 0.4) is 0 Å². The van der Waals surface area contributed by atoms with Crippen LogP contribution in [0.5, 0.6) is 0 Å². The van der Waals surface area contributed by atoms with E-state index in [0.717, 1.165) is 64.3 Å². The number of hydrogen-bond acceptors (Lipinski definition) is 5. The van der Waals surface area contributed by atoms with Gasteiger partial charge >= 0.3 is 0 Å². The van der Waals surface area contributed by atoms with Crippen molar-refractivity contribution in [3.05, 3.63) is 31.0 Å². The molecule has 4 rings (SSSR count). The minimum Gasteiger partial charge on any atom is -0.347 e. The van der Waals surface area contributed by atoms with E-state index < -0.39 is 0 Å². The van der Waals surface area contributed by atoms with Gasteiger partial charge in [0, 0.05) is 21.9 Å². The van der Waals surface area contributed by atoms with Gasteiger partial charge in [-0.3, -0.25) is 9.59 Å². The largest absolute Gasteiger partial charge is 0.347 e. The van der Waals surface area contributed by atoms with E-state index in [1.807, 2.05) is 0 Å². The predicted octanol–water partition coefficient (Wildman–Crippen LogP) is 5.15. The van der Waals surface area contributed by atoms with Crippen molar-refractivity contribution in [2.45, 2.75) is 58.4 Å². The van der Waals surface area contributed by atoms with Crippen molar-refractivity contribution >= 4 is 55.4 Å². The van der Waals surface area contributed by atoms with Gasteiger partial charge in [-0.1, -0.05) is 13.3 Å². The van der Waals surface area contributed by atoms with Gasteiger partial charge in [0.25, 0.3) is 5.91 Å². The van der Waals surface area contributed by atoms with Crippen LogP contribution in [0.25, 0.3) is 0 Å². The second kappa shape index (κ2) is 8.63. The Morgan fingerprint density at radius 3 is 2.75 bits per heavy atom. The van der Waals surface area contributed by atoms with Crippen LogP contribution in [0, 0.1) is 11.8 Å². The predicted molar refractivity (Wildman–Crippen MR) is 117 cm³/mol. The molecule has 0 bridgehead atoms. The van der Waals surface area contributed by atoms with Crippen LogP contribution in [-0.4, -0.2) is 16.8 Å². The van der Waals surface area contributed by atoms with Crippen LogP contribution in [-0.2, 0) is 24.2 Å². The number of rotatable bonds is 5. The number of thiazole rings is 1. The normalized spacial score (nSPS) is 21.4. The third-order valence-electron chi connectivity index (χ3n) is 5.78. The molecular weight excluding hydrogens is 458 g/mol. The summed E-state index contributed by atoms with van der Waals surface area (Å²) in [4.78, 5) is 32.3. The lowest BCUT2D eigenvalue weighted by molar-refractivity contribution is -0.120. The van der Waals surface area contributed by atoms with Crippen molar-refractivity contribution in [2.75, 3.05) is 5.32 Å². The highest BCUT2D eigenvalue weighted by atomic mass is 79.9. The number of hydrogen-bond donors (Lipinski definition) is 2. The number of anilines is 1. The van der Waals surface area contributed by atoms with Crippen molar-refractivity contribution < 1.29 is 9.59 Å². The molecule has 8 heteroatoms. The first-order valence-corrected chi connectivity index (χ1v) is 12.3. The van der Waals surface area contributed by atoms with E-state index in [9.17, 15) is 9.59 Å². The van der Waals surface area contributed by atoms with E-state index in [2.05, 4.69) is 38.5 Å². The number of carbonyl (C=O) groups is 2. The van der Waals surface area contributed by atoms with E-state index in [1.54, 1.807) is 17.5 Å². The summed E-state index contributed by atoms with van der Waals surface area (Å²) in [5.74, 6) is 0.448. The molecule has 2 amide bonds. The topological polar surface area (TPSA) is 71.1 Å². The molecule has 2 aliphatic carbocycles. The summed E-state index contributed by atoms with van der Waals surface area (Å²) in [6.45, 7) is 2.59. The van der Waals surface area contributed by atoms with Gasteiger partial charge in [0.2, 0.25) is 5.91 Å². The molecule has 2 aromatic rings. The molecule has 2 heterocycles. The van der Waals surface area contributed by atoms with Gasteiger partial charge in [0.15, 0.2) is 3.92 Å². The monoisotopic (exact) mass is 481 g/mol. The summed E-state index contributed by atoms with van der Waals surface area (Å²) in [6, 6.07) is 0. The second-order valence-corrected chi connectivity index (χ2v) is 11.2. The third kappa shape index (κ3) is 4.19. The molecule has 5 nitrogen and oxygen atoms in total. The summed E-state index contributed by atoms with van der Waals surface area (Å²) >= 11 is 6.46. The number of amides is 2. The lowest BCUT2D eigenvalue weighted by atomic mass is 9.94. The van der Waals surface area contributed by atoms with Gasteiger partial charge in [0.05, 0.1) is 12.1 Å². The van der Waals surface area contributed by atoms with Crippen molar-refractivity contribution in [1.82, 2.24) is 10.3 Å². The fourth-order valence-electron chi connectivity index (χ4n) is 4.25. The van der Waals surface area contributed by atoms with E-state index in [0.29, 0.717) is 18.0 Å². The van der Waals surface area contributed by atoms with Crippen LogP contribution >= 0.6 is 38.6 Å². The molecule has 0 spiro atoms. The van der Waals surface area contributed by atoms with Gasteiger partial charge in [-0.15, -0.1) is 22.7 Å². The summed E-state index contributed by atoms with van der Waals surface area (Å²) in [6.07, 6.45) is 9.08. The molecule has 1 fully saturated rings. The van der Waals surface area contributed by atoms with E-state index in [4.69, 9.17) is 0 Å². The molecular formula is C20H24BrN3O2S2. The summed E-state index contributed by atoms with van der Waals surface area (Å²) in [5, 5.41) is 6.88. The quantitative estimate of drug-likeness (QED) is 0.619. The SMILES string of the molecule is CC1CCCC1C(=O)Nc1sc2c(c1C(=O)NCc1cnc(Br)s1)CCCC2.